The number of allylic oxidation sites excluding steroid dienone is 2. The van der Waals surface area contributed by atoms with Crippen LogP contribution in [0, 0.1) is 11.8 Å². The van der Waals surface area contributed by atoms with E-state index in [0.29, 0.717) is 24.8 Å². The number of ether oxygens (including phenoxy) is 1. The van der Waals surface area contributed by atoms with Crippen molar-refractivity contribution < 1.29 is 37.9 Å². The maximum Gasteiger partial charge on any atom is 0.329 e. The molecule has 2 aliphatic heterocycles. The highest BCUT2D eigenvalue weighted by Gasteiger charge is 2.42. The predicted octanol–water partition coefficient (Wildman–Crippen LogP) is 5.08. The van der Waals surface area contributed by atoms with Crippen molar-refractivity contribution in [2.75, 3.05) is 19.7 Å². The summed E-state index contributed by atoms with van der Waals surface area (Å²) >= 11 is 0. The van der Waals surface area contributed by atoms with Gasteiger partial charge in [0.2, 0.25) is 11.8 Å². The average Bonchev–Trinajstić information content (AvgIpc) is 3.67. The van der Waals surface area contributed by atoms with Crippen LogP contribution in [0.25, 0.3) is 0 Å². The second-order valence-electron chi connectivity index (χ2n) is 16.4. The molecule has 2 amide bonds. The van der Waals surface area contributed by atoms with Crippen molar-refractivity contribution in [2.24, 2.45) is 11.8 Å². The monoisotopic (exact) mass is 729 g/mol. The number of amides is 2. The van der Waals surface area contributed by atoms with Crippen molar-refractivity contribution >= 4 is 45.3 Å². The molecule has 1 fully saturated rings. The van der Waals surface area contributed by atoms with Crippen LogP contribution in [0.1, 0.15) is 77.2 Å². The van der Waals surface area contributed by atoms with Crippen molar-refractivity contribution in [3.63, 3.8) is 0 Å². The zero-order valence-corrected chi connectivity index (χ0v) is 33.9. The maximum atomic E-state index is 14.1. The Bertz CT molecular complexity index is 1480. The van der Waals surface area contributed by atoms with Crippen LogP contribution in [-0.4, -0.2) is 92.9 Å². The molecule has 0 spiro atoms. The first kappa shape index (κ1) is 41.3. The molecule has 2 N–H and O–H groups in total. The highest BCUT2D eigenvalue weighted by atomic mass is 28.4. The number of esters is 1. The molecule has 3 rings (SSSR count). The summed E-state index contributed by atoms with van der Waals surface area (Å²) in [6.07, 6.45) is 8.51. The van der Waals surface area contributed by atoms with Crippen molar-refractivity contribution in [3.8, 4) is 0 Å². The molecule has 11 nitrogen and oxygen atoms in total. The Morgan fingerprint density at radius 1 is 1.12 bits per heavy atom. The largest absolute Gasteiger partial charge is 0.460 e. The van der Waals surface area contributed by atoms with E-state index in [4.69, 9.17) is 13.6 Å². The fourth-order valence-corrected chi connectivity index (χ4v) is 8.42. The molecule has 5 atom stereocenters. The molecular weight excluding hydrogens is 671 g/mol. The average molecular weight is 730 g/mol. The summed E-state index contributed by atoms with van der Waals surface area (Å²) in [5, 5.41) is 13.2. The number of cyclic esters (lactones) is 1. The quantitative estimate of drug-likeness (QED) is 0.313. The number of carbonyl (C=O) groups is 4. The number of ketones is 1. The molecule has 0 unspecified atom stereocenters. The number of oxazole rings is 1. The highest BCUT2D eigenvalue weighted by Crippen LogP contribution is 2.38. The lowest BCUT2D eigenvalue weighted by Gasteiger charge is -2.38. The van der Waals surface area contributed by atoms with Gasteiger partial charge in [-0.25, -0.2) is 9.78 Å². The Morgan fingerprint density at radius 3 is 2.42 bits per heavy atom. The van der Waals surface area contributed by atoms with Gasteiger partial charge in [0.05, 0.1) is 12.5 Å². The maximum absolute atomic E-state index is 14.1. The van der Waals surface area contributed by atoms with E-state index in [0.717, 1.165) is 5.57 Å². The fourth-order valence-electron chi connectivity index (χ4n) is 5.86. The van der Waals surface area contributed by atoms with Crippen LogP contribution in [0.4, 0.5) is 0 Å². The minimum Gasteiger partial charge on any atom is -0.460 e. The first-order chi connectivity index (χ1) is 23.1. The third kappa shape index (κ3) is 10.9. The highest BCUT2D eigenvalue weighted by molar-refractivity contribution is 6.88. The predicted molar refractivity (Wildman–Crippen MR) is 199 cm³/mol. The van der Waals surface area contributed by atoms with E-state index in [1.165, 1.54) is 11.0 Å². The number of aromatic nitrogens is 1. The number of carbonyl (C=O) groups excluding carboxylic acids is 4. The summed E-state index contributed by atoms with van der Waals surface area (Å²) in [5.41, 5.74) is 1.02. The summed E-state index contributed by atoms with van der Waals surface area (Å²) in [4.78, 5) is 60.2. The third-order valence-electron chi connectivity index (χ3n) is 9.76. The van der Waals surface area contributed by atoms with Crippen molar-refractivity contribution in [3.05, 3.63) is 47.5 Å². The van der Waals surface area contributed by atoms with Crippen LogP contribution >= 0.6 is 0 Å². The molecule has 0 aliphatic carbocycles. The van der Waals surface area contributed by atoms with Gasteiger partial charge in [0.1, 0.15) is 31.4 Å². The van der Waals surface area contributed by atoms with Crippen LogP contribution < -0.4 is 10.7 Å². The lowest BCUT2D eigenvalue weighted by Crippen LogP contribution is -2.48. The molecule has 50 heavy (non-hydrogen) atoms. The Labute approximate surface area is 300 Å². The second kappa shape index (κ2) is 16.9. The van der Waals surface area contributed by atoms with Crippen LogP contribution in [0.3, 0.4) is 0 Å². The summed E-state index contributed by atoms with van der Waals surface area (Å²) in [7, 11) is -4.54. The van der Waals surface area contributed by atoms with E-state index < -0.39 is 58.4 Å². The van der Waals surface area contributed by atoms with Crippen LogP contribution in [-0.2, 0) is 30.0 Å². The molecule has 2 aliphatic rings. The zero-order valence-electron chi connectivity index (χ0n) is 31.9. The third-order valence-corrected chi connectivity index (χ3v) is 16.0. The molecule has 278 valence electrons. The minimum absolute atomic E-state index is 0.0806. The van der Waals surface area contributed by atoms with Crippen molar-refractivity contribution in [1.29, 1.82) is 0 Å². The van der Waals surface area contributed by atoms with Gasteiger partial charge in [-0.3, -0.25) is 14.4 Å². The van der Waals surface area contributed by atoms with E-state index in [2.05, 4.69) is 44.2 Å². The van der Waals surface area contributed by atoms with Gasteiger partial charge in [-0.2, -0.15) is 0 Å². The summed E-state index contributed by atoms with van der Waals surface area (Å²) in [6, 6.07) is -0.844. The van der Waals surface area contributed by atoms with E-state index in [1.807, 2.05) is 51.7 Å². The van der Waals surface area contributed by atoms with Gasteiger partial charge < -0.3 is 28.9 Å². The molecule has 1 aromatic heterocycles. The van der Waals surface area contributed by atoms with Gasteiger partial charge in [0.25, 0.3) is 5.91 Å². The normalized spacial score (nSPS) is 27.1. The molecule has 13 heteroatoms. The molecule has 0 saturated carbocycles. The van der Waals surface area contributed by atoms with E-state index in [1.54, 1.807) is 13.0 Å². The molecule has 1 aromatic rings. The van der Waals surface area contributed by atoms with Gasteiger partial charge in [-0.1, -0.05) is 84.1 Å². The molecule has 2 bridgehead atoms. The van der Waals surface area contributed by atoms with Crippen LogP contribution in [0.2, 0.25) is 37.8 Å². The van der Waals surface area contributed by atoms with E-state index >= 15 is 0 Å². The number of hydrogen-bond acceptors (Lipinski definition) is 9. The lowest BCUT2D eigenvalue weighted by atomic mass is 9.93. The molecular formula is C37H59N3O8Si2. The summed E-state index contributed by atoms with van der Waals surface area (Å²) in [6.45, 7) is 22.8. The Kier molecular flexibility index (Phi) is 14.0. The molecule has 0 radical (unpaired) electrons. The Hall–Kier alpha value is -3.14. The second-order valence-corrected chi connectivity index (χ2v) is 26.1. The van der Waals surface area contributed by atoms with E-state index in [-0.39, 0.29) is 54.3 Å². The number of Topliss-reactive ketones (excluding diaryl/α,β-unsaturated/α-hetero) is 1. The van der Waals surface area contributed by atoms with Crippen molar-refractivity contribution in [2.45, 2.75) is 123 Å². The van der Waals surface area contributed by atoms with Crippen molar-refractivity contribution in [1.82, 2.24) is 15.2 Å². The number of rotatable bonds is 5. The minimum atomic E-state index is -2.27. The SMILES string of the molecule is CC1=C\[C@@H](O[Si](C)(C)C(C)(C)C)CC(=O)Cc2nc(c([Si](C)(C)C)o2)C(=O)N2CCC[C@@H]2C(=O)O[C@H]([C@H](C)CO)[C@H](C)/C=C/C(=O)NC\C=C\1. The lowest BCUT2D eigenvalue weighted by molar-refractivity contribution is -0.159. The number of nitrogens with zero attached hydrogens (tertiary/aromatic N) is 2. The number of nitrogens with one attached hydrogen (secondary N) is 1. The van der Waals surface area contributed by atoms with Gasteiger partial charge in [-0.15, -0.1) is 0 Å². The van der Waals surface area contributed by atoms with Crippen LogP contribution in [0.15, 0.2) is 40.4 Å². The van der Waals surface area contributed by atoms with E-state index in [9.17, 15) is 24.3 Å². The number of aliphatic hydroxyl groups excluding tert-OH is 1. The standard InChI is InChI=1S/C37H59N3O8Si2/c1-24-14-12-18-38-30(43)17-16-25(2)33(26(3)23-41)47-35(45)29-15-13-19-40(29)34(44)32-36(49(7,8)9)46-31(39-32)22-27(42)21-28(20-24)48-50(10,11)37(4,5)6/h12,14,16-17,20,25-26,28-29,33,41H,13,15,18-19,21-23H2,1-11H3,(H,38,43)/b14-12+,17-16+,24-20+/t25-,26-,28-,29-,33+/m1/s1. The van der Waals surface area contributed by atoms with Gasteiger partial charge in [0.15, 0.2) is 14.0 Å². The topological polar surface area (TPSA) is 148 Å². The summed E-state index contributed by atoms with van der Waals surface area (Å²) < 4.78 is 18.9. The Morgan fingerprint density at radius 2 is 1.80 bits per heavy atom. The van der Waals surface area contributed by atoms with Crippen LogP contribution in [0.5, 0.6) is 0 Å². The first-order valence-corrected chi connectivity index (χ1v) is 24.2. The molecule has 1 saturated heterocycles. The van der Waals surface area contributed by atoms with Gasteiger partial charge in [-0.05, 0) is 44.0 Å². The van der Waals surface area contributed by atoms with Gasteiger partial charge >= 0.3 is 5.97 Å². The summed E-state index contributed by atoms with van der Waals surface area (Å²) in [5.74, 6) is -2.09. The number of aliphatic hydroxyl groups is 1. The number of fused-ring (bicyclic) bond motifs is 3. The zero-order chi connectivity index (χ0) is 37.6. The smallest absolute Gasteiger partial charge is 0.329 e. The molecule has 0 aromatic carbocycles. The van der Waals surface area contributed by atoms with Gasteiger partial charge in [0, 0.05) is 38.0 Å². The first-order valence-electron chi connectivity index (χ1n) is 17.8. The Balaban J connectivity index is 2.07. The fraction of sp³-hybridized carbons (Fsp3) is 0.649. The molecule has 3 heterocycles. The number of hydrogen-bond donors (Lipinski definition) is 2.